The first kappa shape index (κ1) is 13.9. The van der Waals surface area contributed by atoms with Gasteiger partial charge in [-0.05, 0) is 56.3 Å². The van der Waals surface area contributed by atoms with Gasteiger partial charge in [0.2, 0.25) is 0 Å². The average Bonchev–Trinajstić information content (AvgIpc) is 2.96. The Morgan fingerprint density at radius 3 is 3.00 bits per heavy atom. The molecule has 110 valence electrons. The van der Waals surface area contributed by atoms with Crippen LogP contribution in [0.25, 0.3) is 0 Å². The summed E-state index contributed by atoms with van der Waals surface area (Å²) in [6.07, 6.45) is 6.75. The molecule has 0 aromatic heterocycles. The van der Waals surface area contributed by atoms with Crippen molar-refractivity contribution < 1.29 is 9.47 Å². The van der Waals surface area contributed by atoms with Gasteiger partial charge in [-0.25, -0.2) is 0 Å². The van der Waals surface area contributed by atoms with E-state index in [1.54, 1.807) is 7.11 Å². The zero-order valence-electron chi connectivity index (χ0n) is 12.4. The van der Waals surface area contributed by atoms with E-state index in [1.165, 1.54) is 44.2 Å². The van der Waals surface area contributed by atoms with Crippen molar-refractivity contribution in [3.05, 3.63) is 29.8 Å². The van der Waals surface area contributed by atoms with Crippen molar-refractivity contribution in [3.63, 3.8) is 0 Å². The van der Waals surface area contributed by atoms with Crippen molar-refractivity contribution in [2.45, 2.75) is 44.2 Å². The summed E-state index contributed by atoms with van der Waals surface area (Å²) < 4.78 is 11.3. The summed E-state index contributed by atoms with van der Waals surface area (Å²) in [5, 5.41) is 0. The summed E-state index contributed by atoms with van der Waals surface area (Å²) in [4.78, 5) is 2.60. The highest BCUT2D eigenvalue weighted by atomic mass is 16.5. The monoisotopic (exact) mass is 275 g/mol. The van der Waals surface area contributed by atoms with Crippen LogP contribution in [0.15, 0.2) is 24.3 Å². The number of benzene rings is 1. The van der Waals surface area contributed by atoms with E-state index in [0.29, 0.717) is 12.1 Å². The molecule has 2 atom stereocenters. The minimum absolute atomic E-state index is 0.440. The fourth-order valence-electron chi connectivity index (χ4n) is 3.48. The molecule has 0 saturated carbocycles. The van der Waals surface area contributed by atoms with Crippen molar-refractivity contribution in [2.24, 2.45) is 0 Å². The number of ether oxygens (including phenoxy) is 2. The van der Waals surface area contributed by atoms with Crippen LogP contribution in [0.4, 0.5) is 0 Å². The Bertz CT molecular complexity index is 429. The third-order valence-corrected chi connectivity index (χ3v) is 4.55. The number of likely N-dealkylation sites (tertiary alicyclic amines) is 1. The molecule has 0 bridgehead atoms. The Balaban J connectivity index is 1.67. The molecule has 2 fully saturated rings. The molecule has 0 amide bonds. The fourth-order valence-corrected chi connectivity index (χ4v) is 3.48. The summed E-state index contributed by atoms with van der Waals surface area (Å²) in [6, 6.07) is 9.07. The van der Waals surface area contributed by atoms with Crippen LogP contribution >= 0.6 is 0 Å². The van der Waals surface area contributed by atoms with Crippen LogP contribution in [0.3, 0.4) is 0 Å². The largest absolute Gasteiger partial charge is 0.497 e. The number of rotatable bonds is 4. The topological polar surface area (TPSA) is 21.7 Å². The van der Waals surface area contributed by atoms with Gasteiger partial charge in [-0.3, -0.25) is 4.90 Å². The van der Waals surface area contributed by atoms with E-state index in [4.69, 9.17) is 9.47 Å². The Morgan fingerprint density at radius 2 is 2.20 bits per heavy atom. The number of methoxy groups -OCH3 is 1. The predicted molar refractivity (Wildman–Crippen MR) is 80.1 cm³/mol. The predicted octanol–water partition coefficient (Wildman–Crippen LogP) is 3.40. The first-order valence-corrected chi connectivity index (χ1v) is 7.86. The first-order chi connectivity index (χ1) is 9.86. The van der Waals surface area contributed by atoms with Gasteiger partial charge in [0.05, 0.1) is 13.2 Å². The van der Waals surface area contributed by atoms with Crippen LogP contribution in [-0.4, -0.2) is 37.8 Å². The third-order valence-electron chi connectivity index (χ3n) is 4.55. The van der Waals surface area contributed by atoms with E-state index >= 15 is 0 Å². The number of hydrogen-bond acceptors (Lipinski definition) is 3. The Kier molecular flexibility index (Phi) is 4.58. The maximum atomic E-state index is 5.90. The zero-order valence-corrected chi connectivity index (χ0v) is 12.4. The van der Waals surface area contributed by atoms with Gasteiger partial charge >= 0.3 is 0 Å². The van der Waals surface area contributed by atoms with Gasteiger partial charge in [0.15, 0.2) is 0 Å². The minimum atomic E-state index is 0.440. The molecular formula is C17H25NO2. The van der Waals surface area contributed by atoms with Gasteiger partial charge in [0.25, 0.3) is 0 Å². The smallest absolute Gasteiger partial charge is 0.119 e. The minimum Gasteiger partial charge on any atom is -0.497 e. The van der Waals surface area contributed by atoms with Crippen molar-refractivity contribution in [1.29, 1.82) is 0 Å². The summed E-state index contributed by atoms with van der Waals surface area (Å²) in [6.45, 7) is 3.23. The Labute approximate surface area is 121 Å². The second kappa shape index (κ2) is 6.59. The van der Waals surface area contributed by atoms with Crippen LogP contribution in [-0.2, 0) is 4.74 Å². The molecule has 0 aliphatic carbocycles. The molecule has 2 saturated heterocycles. The molecule has 2 aliphatic heterocycles. The standard InChI is InChI=1S/C17H25NO2/c1-19-15-8-4-6-14(12-15)17-9-5-10-18(17)13-16-7-2-3-11-20-16/h4,6,8,12,16-17H,2-3,5,7,9-11,13H2,1H3. The maximum absolute atomic E-state index is 5.90. The highest BCUT2D eigenvalue weighted by molar-refractivity contribution is 5.31. The molecule has 1 aromatic rings. The highest BCUT2D eigenvalue weighted by Crippen LogP contribution is 2.34. The molecule has 3 heteroatoms. The number of hydrogen-bond donors (Lipinski definition) is 0. The highest BCUT2D eigenvalue weighted by Gasteiger charge is 2.29. The second-order valence-electron chi connectivity index (χ2n) is 5.92. The van der Waals surface area contributed by atoms with Gasteiger partial charge in [0, 0.05) is 19.2 Å². The molecule has 2 heterocycles. The first-order valence-electron chi connectivity index (χ1n) is 7.86. The van der Waals surface area contributed by atoms with E-state index in [2.05, 4.69) is 23.1 Å². The van der Waals surface area contributed by atoms with E-state index < -0.39 is 0 Å². The van der Waals surface area contributed by atoms with E-state index in [-0.39, 0.29) is 0 Å². The van der Waals surface area contributed by atoms with Gasteiger partial charge in [0.1, 0.15) is 5.75 Å². The lowest BCUT2D eigenvalue weighted by Gasteiger charge is -2.31. The van der Waals surface area contributed by atoms with Gasteiger partial charge in [-0.1, -0.05) is 12.1 Å². The summed E-state index contributed by atoms with van der Waals surface area (Å²) in [5.41, 5.74) is 1.39. The Morgan fingerprint density at radius 1 is 1.25 bits per heavy atom. The normalized spacial score (nSPS) is 27.6. The van der Waals surface area contributed by atoms with Crippen LogP contribution in [0.5, 0.6) is 5.75 Å². The van der Waals surface area contributed by atoms with Crippen molar-refractivity contribution in [1.82, 2.24) is 4.90 Å². The van der Waals surface area contributed by atoms with E-state index in [1.807, 2.05) is 6.07 Å². The summed E-state index contributed by atoms with van der Waals surface area (Å²) in [7, 11) is 1.74. The zero-order chi connectivity index (χ0) is 13.8. The molecule has 3 rings (SSSR count). The van der Waals surface area contributed by atoms with E-state index in [9.17, 15) is 0 Å². The summed E-state index contributed by atoms with van der Waals surface area (Å²) >= 11 is 0. The lowest BCUT2D eigenvalue weighted by atomic mass is 10.0. The van der Waals surface area contributed by atoms with Crippen molar-refractivity contribution in [2.75, 3.05) is 26.8 Å². The molecular weight excluding hydrogens is 250 g/mol. The molecule has 1 aromatic carbocycles. The molecule has 0 N–H and O–H groups in total. The molecule has 3 nitrogen and oxygen atoms in total. The molecule has 2 aliphatic rings. The summed E-state index contributed by atoms with van der Waals surface area (Å²) in [5.74, 6) is 0.961. The Hall–Kier alpha value is -1.06. The van der Waals surface area contributed by atoms with Crippen molar-refractivity contribution in [3.8, 4) is 5.75 Å². The quantitative estimate of drug-likeness (QED) is 0.840. The number of nitrogens with zero attached hydrogens (tertiary/aromatic N) is 1. The van der Waals surface area contributed by atoms with Crippen LogP contribution in [0.2, 0.25) is 0 Å². The third kappa shape index (κ3) is 3.15. The van der Waals surface area contributed by atoms with Crippen molar-refractivity contribution >= 4 is 0 Å². The molecule has 0 radical (unpaired) electrons. The maximum Gasteiger partial charge on any atom is 0.119 e. The van der Waals surface area contributed by atoms with Crippen LogP contribution in [0, 0.1) is 0 Å². The van der Waals surface area contributed by atoms with Gasteiger partial charge in [-0.2, -0.15) is 0 Å². The lowest BCUT2D eigenvalue weighted by molar-refractivity contribution is -0.00807. The van der Waals surface area contributed by atoms with Crippen LogP contribution < -0.4 is 4.74 Å². The van der Waals surface area contributed by atoms with Crippen LogP contribution in [0.1, 0.15) is 43.7 Å². The lowest BCUT2D eigenvalue weighted by Crippen LogP contribution is -2.35. The molecule has 20 heavy (non-hydrogen) atoms. The molecule has 2 unspecified atom stereocenters. The average molecular weight is 275 g/mol. The fraction of sp³-hybridized carbons (Fsp3) is 0.647. The van der Waals surface area contributed by atoms with Gasteiger partial charge in [-0.15, -0.1) is 0 Å². The van der Waals surface area contributed by atoms with E-state index in [0.717, 1.165) is 18.9 Å². The molecule has 0 spiro atoms. The SMILES string of the molecule is COc1cccc(C2CCCN2CC2CCCCO2)c1. The van der Waals surface area contributed by atoms with Gasteiger partial charge < -0.3 is 9.47 Å². The second-order valence-corrected chi connectivity index (χ2v) is 5.92.